The highest BCUT2D eigenvalue weighted by Crippen LogP contribution is 2.16. The minimum absolute atomic E-state index is 0.0942. The van der Waals surface area contributed by atoms with Crippen molar-refractivity contribution in [1.29, 1.82) is 0 Å². The van der Waals surface area contributed by atoms with E-state index >= 15 is 0 Å². The Kier molecular flexibility index (Phi) is 4.32. The van der Waals surface area contributed by atoms with Crippen LogP contribution in [0.5, 0.6) is 0 Å². The minimum Gasteiger partial charge on any atom is -0.480 e. The van der Waals surface area contributed by atoms with Gasteiger partial charge >= 0.3 is 5.97 Å². The minimum atomic E-state index is -1.04. The fourth-order valence-electron chi connectivity index (χ4n) is 2.04. The Bertz CT molecular complexity index is 666. The Morgan fingerprint density at radius 3 is 2.76 bits per heavy atom. The molecule has 21 heavy (non-hydrogen) atoms. The lowest BCUT2D eigenvalue weighted by atomic mass is 10.0. The van der Waals surface area contributed by atoms with Gasteiger partial charge in [0.15, 0.2) is 5.69 Å². The molecular formula is C14H16N4O3. The molecule has 0 bridgehead atoms. The van der Waals surface area contributed by atoms with E-state index in [1.165, 1.54) is 6.20 Å². The Morgan fingerprint density at radius 1 is 1.38 bits per heavy atom. The second kappa shape index (κ2) is 6.17. The smallest absolute Gasteiger partial charge is 0.325 e. The molecule has 7 heteroatoms. The number of amides is 1. The van der Waals surface area contributed by atoms with Crippen molar-refractivity contribution in [3.8, 4) is 0 Å². The lowest BCUT2D eigenvalue weighted by molar-refractivity contribution is -0.137. The van der Waals surface area contributed by atoms with E-state index in [-0.39, 0.29) is 24.2 Å². The number of hydrogen-bond donors (Lipinski definition) is 2. The normalized spacial score (nSPS) is 11.9. The zero-order valence-electron chi connectivity index (χ0n) is 11.8. The first-order valence-corrected chi connectivity index (χ1v) is 6.45. The van der Waals surface area contributed by atoms with E-state index < -0.39 is 5.97 Å². The summed E-state index contributed by atoms with van der Waals surface area (Å²) in [5.74, 6) is -1.43. The van der Waals surface area contributed by atoms with Crippen LogP contribution in [0.1, 0.15) is 34.6 Å². The summed E-state index contributed by atoms with van der Waals surface area (Å²) in [5.41, 5.74) is 2.19. The van der Waals surface area contributed by atoms with Crippen molar-refractivity contribution < 1.29 is 14.7 Å². The highest BCUT2D eigenvalue weighted by molar-refractivity contribution is 5.92. The van der Waals surface area contributed by atoms with Gasteiger partial charge in [0.05, 0.1) is 12.2 Å². The summed E-state index contributed by atoms with van der Waals surface area (Å²) < 4.78 is 1.11. The Labute approximate surface area is 121 Å². The molecule has 2 rings (SSSR count). The maximum Gasteiger partial charge on any atom is 0.325 e. The van der Waals surface area contributed by atoms with Crippen LogP contribution in [0.25, 0.3) is 0 Å². The maximum absolute atomic E-state index is 12.1. The van der Waals surface area contributed by atoms with Crippen molar-refractivity contribution in [3.05, 3.63) is 47.3 Å². The van der Waals surface area contributed by atoms with Gasteiger partial charge in [-0.2, -0.15) is 0 Å². The molecule has 1 amide bonds. The molecule has 0 saturated heterocycles. The summed E-state index contributed by atoms with van der Waals surface area (Å²) in [7, 11) is 0. The van der Waals surface area contributed by atoms with Gasteiger partial charge in [0, 0.05) is 0 Å². The van der Waals surface area contributed by atoms with Crippen LogP contribution in [0.4, 0.5) is 0 Å². The molecule has 0 spiro atoms. The Hall–Kier alpha value is -2.70. The van der Waals surface area contributed by atoms with Crippen LogP contribution >= 0.6 is 0 Å². The molecule has 0 radical (unpaired) electrons. The number of nitrogens with zero attached hydrogens (tertiary/aromatic N) is 3. The number of nitrogens with one attached hydrogen (secondary N) is 1. The van der Waals surface area contributed by atoms with Gasteiger partial charge in [-0.1, -0.05) is 29.5 Å². The van der Waals surface area contributed by atoms with Gasteiger partial charge < -0.3 is 10.4 Å². The van der Waals surface area contributed by atoms with Crippen LogP contribution in [-0.2, 0) is 11.3 Å². The standard InChI is InChI=1S/C14H16N4O3/c1-9-5-3-4-6-11(9)10(2)15-14(21)12-7-18(17-16-12)8-13(19)20/h3-7,10H,8H2,1-2H3,(H,15,21)(H,19,20). The van der Waals surface area contributed by atoms with Crippen molar-refractivity contribution in [3.63, 3.8) is 0 Å². The van der Waals surface area contributed by atoms with E-state index in [0.717, 1.165) is 15.8 Å². The number of aliphatic carboxylic acids is 1. The second-order valence-electron chi connectivity index (χ2n) is 4.75. The SMILES string of the molecule is Cc1ccccc1C(C)NC(=O)c1cn(CC(=O)O)nn1. The van der Waals surface area contributed by atoms with Crippen LogP contribution in [0.3, 0.4) is 0 Å². The van der Waals surface area contributed by atoms with E-state index in [4.69, 9.17) is 5.11 Å². The third-order valence-corrected chi connectivity index (χ3v) is 3.07. The van der Waals surface area contributed by atoms with Crippen LogP contribution < -0.4 is 5.32 Å². The molecule has 7 nitrogen and oxygen atoms in total. The van der Waals surface area contributed by atoms with Crippen molar-refractivity contribution in [2.24, 2.45) is 0 Å². The van der Waals surface area contributed by atoms with Gasteiger partial charge in [-0.25, -0.2) is 4.68 Å². The third kappa shape index (κ3) is 3.65. The average Bonchev–Trinajstić information content (AvgIpc) is 2.86. The molecule has 0 fully saturated rings. The molecule has 2 N–H and O–H groups in total. The Balaban J connectivity index is 2.06. The fourth-order valence-corrected chi connectivity index (χ4v) is 2.04. The molecule has 1 unspecified atom stereocenters. The molecule has 1 heterocycles. The summed E-state index contributed by atoms with van der Waals surface area (Å²) in [4.78, 5) is 22.6. The Morgan fingerprint density at radius 2 is 2.10 bits per heavy atom. The molecule has 0 aliphatic heterocycles. The molecular weight excluding hydrogens is 272 g/mol. The molecule has 0 aliphatic rings. The summed E-state index contributed by atoms with van der Waals surface area (Å²) in [5, 5.41) is 18.7. The van der Waals surface area contributed by atoms with E-state index in [1.807, 2.05) is 38.1 Å². The molecule has 1 aromatic heterocycles. The number of hydrogen-bond acceptors (Lipinski definition) is 4. The lowest BCUT2D eigenvalue weighted by Gasteiger charge is -2.15. The zero-order valence-corrected chi connectivity index (χ0v) is 11.8. The van der Waals surface area contributed by atoms with Gasteiger partial charge in [0.1, 0.15) is 6.54 Å². The zero-order chi connectivity index (χ0) is 15.4. The van der Waals surface area contributed by atoms with Crippen molar-refractivity contribution in [2.45, 2.75) is 26.4 Å². The number of carboxylic acid groups (broad SMARTS) is 1. The van der Waals surface area contributed by atoms with Crippen LogP contribution in [0.15, 0.2) is 30.5 Å². The van der Waals surface area contributed by atoms with Crippen molar-refractivity contribution in [1.82, 2.24) is 20.3 Å². The fraction of sp³-hybridized carbons (Fsp3) is 0.286. The number of benzene rings is 1. The topological polar surface area (TPSA) is 97.1 Å². The van der Waals surface area contributed by atoms with Crippen molar-refractivity contribution >= 4 is 11.9 Å². The van der Waals surface area contributed by atoms with Crippen LogP contribution in [0.2, 0.25) is 0 Å². The quantitative estimate of drug-likeness (QED) is 0.860. The van der Waals surface area contributed by atoms with Gasteiger partial charge in [0.25, 0.3) is 5.91 Å². The number of aromatic nitrogens is 3. The molecule has 2 aromatic rings. The number of carboxylic acids is 1. The maximum atomic E-state index is 12.1. The molecule has 1 aromatic carbocycles. The number of carbonyl (C=O) groups is 2. The second-order valence-corrected chi connectivity index (χ2v) is 4.75. The van der Waals surface area contributed by atoms with Gasteiger partial charge in [-0.05, 0) is 25.0 Å². The molecule has 0 saturated carbocycles. The number of rotatable bonds is 5. The predicted molar refractivity (Wildman–Crippen MR) is 74.7 cm³/mol. The largest absolute Gasteiger partial charge is 0.480 e. The molecule has 110 valence electrons. The third-order valence-electron chi connectivity index (χ3n) is 3.07. The van der Waals surface area contributed by atoms with E-state index in [0.29, 0.717) is 0 Å². The lowest BCUT2D eigenvalue weighted by Crippen LogP contribution is -2.27. The van der Waals surface area contributed by atoms with E-state index in [1.54, 1.807) is 0 Å². The number of carbonyl (C=O) groups excluding carboxylic acids is 1. The van der Waals surface area contributed by atoms with Gasteiger partial charge in [0.2, 0.25) is 0 Å². The summed E-state index contributed by atoms with van der Waals surface area (Å²) in [6.45, 7) is 3.52. The van der Waals surface area contributed by atoms with Gasteiger partial charge in [-0.15, -0.1) is 5.10 Å². The van der Waals surface area contributed by atoms with Crippen LogP contribution in [-0.4, -0.2) is 32.0 Å². The predicted octanol–water partition coefficient (Wildman–Crippen LogP) is 1.16. The summed E-state index contributed by atoms with van der Waals surface area (Å²) in [6.07, 6.45) is 1.31. The van der Waals surface area contributed by atoms with E-state index in [2.05, 4.69) is 15.6 Å². The van der Waals surface area contributed by atoms with Crippen molar-refractivity contribution in [2.75, 3.05) is 0 Å². The summed E-state index contributed by atoms with van der Waals surface area (Å²) in [6, 6.07) is 7.59. The molecule has 0 aliphatic carbocycles. The first-order valence-electron chi connectivity index (χ1n) is 6.45. The van der Waals surface area contributed by atoms with E-state index in [9.17, 15) is 9.59 Å². The number of aryl methyl sites for hydroxylation is 1. The molecule has 1 atom stereocenters. The highest BCUT2D eigenvalue weighted by Gasteiger charge is 2.16. The van der Waals surface area contributed by atoms with Crippen LogP contribution in [0, 0.1) is 6.92 Å². The highest BCUT2D eigenvalue weighted by atomic mass is 16.4. The average molecular weight is 288 g/mol. The monoisotopic (exact) mass is 288 g/mol. The first-order chi connectivity index (χ1) is 9.97. The first kappa shape index (κ1) is 14.7. The summed E-state index contributed by atoms with van der Waals surface area (Å²) >= 11 is 0. The van der Waals surface area contributed by atoms with Gasteiger partial charge in [-0.3, -0.25) is 9.59 Å².